The maximum absolute atomic E-state index is 6.11. The Balaban J connectivity index is 1.89. The van der Waals surface area contributed by atoms with Gasteiger partial charge in [0, 0.05) is 25.2 Å². The van der Waals surface area contributed by atoms with Crippen LogP contribution in [0.2, 0.25) is 0 Å². The van der Waals surface area contributed by atoms with Crippen LogP contribution in [-0.2, 0) is 4.74 Å². The molecule has 2 aliphatic heterocycles. The molecule has 0 aromatic rings. The number of likely N-dealkylation sites (tertiary alicyclic amines) is 1. The molecule has 2 fully saturated rings. The molecular weight excluding hydrogens is 200 g/mol. The highest BCUT2D eigenvalue weighted by atomic mass is 16.5. The maximum Gasteiger partial charge on any atom is 0.0588 e. The highest BCUT2D eigenvalue weighted by Gasteiger charge is 2.33. The molecule has 0 saturated carbocycles. The van der Waals surface area contributed by atoms with Crippen molar-refractivity contribution in [2.45, 2.75) is 51.8 Å². The van der Waals surface area contributed by atoms with Crippen LogP contribution in [0.15, 0.2) is 0 Å². The Kier molecular flexibility index (Phi) is 3.88. The molecule has 0 aromatic carbocycles. The number of ether oxygens (including phenoxy) is 1. The van der Waals surface area contributed by atoms with Gasteiger partial charge in [0.15, 0.2) is 0 Å². The van der Waals surface area contributed by atoms with Gasteiger partial charge in [0.05, 0.1) is 6.10 Å². The zero-order valence-electron chi connectivity index (χ0n) is 10.9. The minimum absolute atomic E-state index is 0.392. The van der Waals surface area contributed by atoms with E-state index in [2.05, 4.69) is 25.7 Å². The smallest absolute Gasteiger partial charge is 0.0588 e. The van der Waals surface area contributed by atoms with Gasteiger partial charge in [0.2, 0.25) is 0 Å². The first-order valence-electron chi connectivity index (χ1n) is 6.71. The summed E-state index contributed by atoms with van der Waals surface area (Å²) in [6, 6.07) is 1.01. The minimum atomic E-state index is 0.392. The van der Waals surface area contributed by atoms with E-state index in [1.807, 2.05) is 0 Å². The number of piperidine rings is 1. The lowest BCUT2D eigenvalue weighted by Gasteiger charge is -2.42. The Morgan fingerprint density at radius 2 is 2.00 bits per heavy atom. The number of nitrogens with zero attached hydrogens (tertiary/aromatic N) is 1. The van der Waals surface area contributed by atoms with Crippen LogP contribution in [0.1, 0.15) is 33.6 Å². The lowest BCUT2D eigenvalue weighted by molar-refractivity contribution is 0.0543. The average molecular weight is 226 g/mol. The van der Waals surface area contributed by atoms with Crippen molar-refractivity contribution in [3.05, 3.63) is 0 Å². The number of rotatable bonds is 2. The fraction of sp³-hybridized carbons (Fsp3) is 1.00. The molecule has 2 saturated heterocycles. The summed E-state index contributed by atoms with van der Waals surface area (Å²) < 4.78 is 5.64. The van der Waals surface area contributed by atoms with Crippen LogP contribution in [0, 0.1) is 11.8 Å². The van der Waals surface area contributed by atoms with Crippen LogP contribution in [0.25, 0.3) is 0 Å². The van der Waals surface area contributed by atoms with E-state index < -0.39 is 0 Å². The van der Waals surface area contributed by atoms with E-state index in [-0.39, 0.29) is 0 Å². The van der Waals surface area contributed by atoms with Crippen LogP contribution in [0.4, 0.5) is 0 Å². The van der Waals surface area contributed by atoms with Gasteiger partial charge < -0.3 is 10.5 Å². The summed E-state index contributed by atoms with van der Waals surface area (Å²) in [5, 5.41) is 0. The highest BCUT2D eigenvalue weighted by Crippen LogP contribution is 2.27. The third-order valence-corrected chi connectivity index (χ3v) is 4.76. The largest absolute Gasteiger partial charge is 0.378 e. The van der Waals surface area contributed by atoms with E-state index in [0.717, 1.165) is 25.5 Å². The molecule has 94 valence electrons. The SMILES string of the molecule is CC1OCCC1CN1CCC(N)C(C)C1C. The summed E-state index contributed by atoms with van der Waals surface area (Å²) in [6.45, 7) is 10.1. The van der Waals surface area contributed by atoms with E-state index in [1.165, 1.54) is 13.0 Å². The molecule has 16 heavy (non-hydrogen) atoms. The van der Waals surface area contributed by atoms with Crippen LogP contribution < -0.4 is 5.73 Å². The maximum atomic E-state index is 6.11. The molecule has 2 heterocycles. The van der Waals surface area contributed by atoms with Crippen LogP contribution >= 0.6 is 0 Å². The van der Waals surface area contributed by atoms with E-state index in [0.29, 0.717) is 24.1 Å². The quantitative estimate of drug-likeness (QED) is 0.775. The first kappa shape index (κ1) is 12.3. The van der Waals surface area contributed by atoms with Crippen molar-refractivity contribution in [3.63, 3.8) is 0 Å². The topological polar surface area (TPSA) is 38.5 Å². The summed E-state index contributed by atoms with van der Waals surface area (Å²) in [4.78, 5) is 2.61. The first-order valence-corrected chi connectivity index (χ1v) is 6.71. The van der Waals surface area contributed by atoms with E-state index in [4.69, 9.17) is 10.5 Å². The predicted octanol–water partition coefficient (Wildman–Crippen LogP) is 1.47. The third-order valence-electron chi connectivity index (χ3n) is 4.76. The number of hydrogen-bond donors (Lipinski definition) is 1. The van der Waals surface area contributed by atoms with Crippen molar-refractivity contribution >= 4 is 0 Å². The Bertz CT molecular complexity index is 234. The van der Waals surface area contributed by atoms with Crippen molar-refractivity contribution in [1.29, 1.82) is 0 Å². The van der Waals surface area contributed by atoms with Crippen molar-refractivity contribution in [2.24, 2.45) is 17.6 Å². The summed E-state index contributed by atoms with van der Waals surface area (Å²) in [6.07, 6.45) is 2.82. The summed E-state index contributed by atoms with van der Waals surface area (Å²) in [5.74, 6) is 1.34. The molecule has 0 bridgehead atoms. The highest BCUT2D eigenvalue weighted by molar-refractivity contribution is 4.88. The van der Waals surface area contributed by atoms with E-state index in [9.17, 15) is 0 Å². The van der Waals surface area contributed by atoms with Gasteiger partial charge in [-0.2, -0.15) is 0 Å². The zero-order valence-corrected chi connectivity index (χ0v) is 10.9. The normalized spacial score (nSPS) is 46.1. The van der Waals surface area contributed by atoms with E-state index >= 15 is 0 Å². The second-order valence-corrected chi connectivity index (χ2v) is 5.67. The minimum Gasteiger partial charge on any atom is -0.378 e. The predicted molar refractivity (Wildman–Crippen MR) is 66.3 cm³/mol. The molecular formula is C13H26N2O. The van der Waals surface area contributed by atoms with Crippen molar-refractivity contribution < 1.29 is 4.74 Å². The fourth-order valence-corrected chi connectivity index (χ4v) is 3.05. The molecule has 2 N–H and O–H groups in total. The summed E-state index contributed by atoms with van der Waals surface area (Å²) in [5.41, 5.74) is 6.11. The van der Waals surface area contributed by atoms with Gasteiger partial charge in [-0.25, -0.2) is 0 Å². The molecule has 0 spiro atoms. The Morgan fingerprint density at radius 3 is 2.62 bits per heavy atom. The standard InChI is InChI=1S/C13H26N2O/c1-9-10(2)15(6-4-13(9)14)8-12-5-7-16-11(12)3/h9-13H,4-8,14H2,1-3H3. The average Bonchev–Trinajstić information content (AvgIpc) is 2.65. The summed E-state index contributed by atoms with van der Waals surface area (Å²) >= 11 is 0. The lowest BCUT2D eigenvalue weighted by atomic mass is 9.86. The van der Waals surface area contributed by atoms with Gasteiger partial charge in [0.25, 0.3) is 0 Å². The van der Waals surface area contributed by atoms with Crippen LogP contribution in [-0.4, -0.2) is 42.8 Å². The molecule has 0 amide bonds. The zero-order chi connectivity index (χ0) is 11.7. The molecule has 0 radical (unpaired) electrons. The molecule has 0 aromatic heterocycles. The Hall–Kier alpha value is -0.120. The van der Waals surface area contributed by atoms with Crippen molar-refractivity contribution in [1.82, 2.24) is 4.90 Å². The second-order valence-electron chi connectivity index (χ2n) is 5.67. The molecule has 3 nitrogen and oxygen atoms in total. The molecule has 3 heteroatoms. The summed E-state index contributed by atoms with van der Waals surface area (Å²) in [7, 11) is 0. The molecule has 0 aliphatic carbocycles. The lowest BCUT2D eigenvalue weighted by Crippen LogP contribution is -2.53. The third kappa shape index (κ3) is 2.41. The monoisotopic (exact) mass is 226 g/mol. The van der Waals surface area contributed by atoms with Gasteiger partial charge in [-0.3, -0.25) is 4.90 Å². The fourth-order valence-electron chi connectivity index (χ4n) is 3.05. The first-order chi connectivity index (χ1) is 7.59. The van der Waals surface area contributed by atoms with Gasteiger partial charge in [-0.05, 0) is 45.1 Å². The van der Waals surface area contributed by atoms with Gasteiger partial charge in [0.1, 0.15) is 0 Å². The molecule has 5 unspecified atom stereocenters. The second kappa shape index (κ2) is 5.03. The van der Waals surface area contributed by atoms with Gasteiger partial charge in [-0.1, -0.05) is 6.92 Å². The molecule has 2 aliphatic rings. The Labute approximate surface area is 99.3 Å². The van der Waals surface area contributed by atoms with E-state index in [1.54, 1.807) is 0 Å². The van der Waals surface area contributed by atoms with Crippen LogP contribution in [0.3, 0.4) is 0 Å². The number of nitrogens with two attached hydrogens (primary N) is 1. The number of hydrogen-bond acceptors (Lipinski definition) is 3. The van der Waals surface area contributed by atoms with Gasteiger partial charge in [-0.15, -0.1) is 0 Å². The van der Waals surface area contributed by atoms with Crippen LogP contribution in [0.5, 0.6) is 0 Å². The van der Waals surface area contributed by atoms with Crippen molar-refractivity contribution in [3.8, 4) is 0 Å². The molecule has 2 rings (SSSR count). The van der Waals surface area contributed by atoms with Gasteiger partial charge >= 0.3 is 0 Å². The van der Waals surface area contributed by atoms with Crippen molar-refractivity contribution in [2.75, 3.05) is 19.7 Å². The Morgan fingerprint density at radius 1 is 1.25 bits per heavy atom. The molecule has 5 atom stereocenters.